The zero-order chi connectivity index (χ0) is 12.1. The summed E-state index contributed by atoms with van der Waals surface area (Å²) >= 11 is 0. The van der Waals surface area contributed by atoms with Crippen LogP contribution in [-0.4, -0.2) is 0 Å². The molecule has 1 radical (unpaired) electrons. The first-order chi connectivity index (χ1) is 6.75. The quantitative estimate of drug-likeness (QED) is 0.510. The molecule has 0 aliphatic carbocycles. The second-order valence-corrected chi connectivity index (χ2v) is 6.67. The van der Waals surface area contributed by atoms with Crippen LogP contribution in [0.25, 0.3) is 0 Å². The van der Waals surface area contributed by atoms with E-state index in [4.69, 9.17) is 0 Å². The maximum Gasteiger partial charge on any atom is -0.0267 e. The largest absolute Gasteiger partial charge is 0.0628 e. The zero-order valence-corrected chi connectivity index (χ0v) is 12.0. The van der Waals surface area contributed by atoms with E-state index >= 15 is 0 Å². The fourth-order valence-corrected chi connectivity index (χ4v) is 2.49. The topological polar surface area (TPSA) is 0 Å². The van der Waals surface area contributed by atoms with Gasteiger partial charge < -0.3 is 0 Å². The van der Waals surface area contributed by atoms with Crippen molar-refractivity contribution >= 4 is 0 Å². The molecule has 0 aromatic carbocycles. The van der Waals surface area contributed by atoms with E-state index < -0.39 is 0 Å². The Morgan fingerprint density at radius 2 is 1.40 bits per heavy atom. The van der Waals surface area contributed by atoms with E-state index in [9.17, 15) is 0 Å². The van der Waals surface area contributed by atoms with Crippen LogP contribution < -0.4 is 0 Å². The van der Waals surface area contributed by atoms with E-state index in [0.717, 1.165) is 11.8 Å². The maximum absolute atomic E-state index is 2.37. The average Bonchev–Trinajstić information content (AvgIpc) is 1.99. The van der Waals surface area contributed by atoms with Crippen LogP contribution in [0.1, 0.15) is 74.1 Å². The smallest absolute Gasteiger partial charge is 0.0267 e. The summed E-state index contributed by atoms with van der Waals surface area (Å²) in [6.45, 7) is 16.3. The summed E-state index contributed by atoms with van der Waals surface area (Å²) < 4.78 is 0. The molecule has 0 aromatic rings. The molecule has 0 saturated heterocycles. The Bertz CT molecular complexity index is 148. The molecule has 0 aliphatic heterocycles. The molecule has 0 bridgehead atoms. The molecular weight excluding hydrogens is 180 g/mol. The molecule has 0 rings (SSSR count). The monoisotopic (exact) mass is 211 g/mol. The number of hydrogen-bond donors (Lipinski definition) is 0. The van der Waals surface area contributed by atoms with Crippen molar-refractivity contribution in [2.75, 3.05) is 0 Å². The Morgan fingerprint density at radius 1 is 0.933 bits per heavy atom. The summed E-state index contributed by atoms with van der Waals surface area (Å²) in [7, 11) is 0. The van der Waals surface area contributed by atoms with Crippen molar-refractivity contribution in [1.82, 2.24) is 0 Å². The average molecular weight is 211 g/mol. The van der Waals surface area contributed by atoms with Gasteiger partial charge in [-0.05, 0) is 29.6 Å². The van der Waals surface area contributed by atoms with E-state index in [2.05, 4.69) is 48.5 Å². The van der Waals surface area contributed by atoms with E-state index in [1.54, 1.807) is 5.92 Å². The third-order valence-corrected chi connectivity index (χ3v) is 3.27. The van der Waals surface area contributed by atoms with Crippen molar-refractivity contribution in [3.05, 3.63) is 5.92 Å². The summed E-state index contributed by atoms with van der Waals surface area (Å²) in [6, 6.07) is 0. The van der Waals surface area contributed by atoms with E-state index in [1.165, 1.54) is 25.7 Å². The predicted molar refractivity (Wildman–Crippen MR) is 70.8 cm³/mol. The van der Waals surface area contributed by atoms with Crippen molar-refractivity contribution in [3.63, 3.8) is 0 Å². The molecule has 0 heteroatoms. The van der Waals surface area contributed by atoms with Crippen LogP contribution in [0.4, 0.5) is 0 Å². The lowest BCUT2D eigenvalue weighted by molar-refractivity contribution is 0.232. The Balaban J connectivity index is 3.89. The van der Waals surface area contributed by atoms with Crippen LogP contribution in [0.3, 0.4) is 0 Å². The standard InChI is InChI=1S/C15H31/c1-12(2)10-8-9-11-14(13(3)4)15(5,6)7/h12,14H,8-11H2,1-7H3. The molecule has 0 saturated carbocycles. The zero-order valence-electron chi connectivity index (χ0n) is 12.0. The minimum absolute atomic E-state index is 0.441. The molecule has 0 heterocycles. The molecule has 0 aromatic heterocycles. The Hall–Kier alpha value is 0. The van der Waals surface area contributed by atoms with Gasteiger partial charge in [0.05, 0.1) is 0 Å². The van der Waals surface area contributed by atoms with Gasteiger partial charge in [0.25, 0.3) is 0 Å². The summed E-state index contributed by atoms with van der Waals surface area (Å²) in [6.07, 6.45) is 5.56. The van der Waals surface area contributed by atoms with E-state index in [-0.39, 0.29) is 0 Å². The second-order valence-electron chi connectivity index (χ2n) is 6.67. The minimum atomic E-state index is 0.441. The third kappa shape index (κ3) is 6.98. The lowest BCUT2D eigenvalue weighted by Gasteiger charge is -2.34. The molecule has 0 N–H and O–H groups in total. The van der Waals surface area contributed by atoms with Gasteiger partial charge in [0.1, 0.15) is 0 Å². The molecule has 15 heavy (non-hydrogen) atoms. The molecule has 0 amide bonds. The molecule has 91 valence electrons. The van der Waals surface area contributed by atoms with Gasteiger partial charge in [0.2, 0.25) is 0 Å². The molecule has 1 unspecified atom stereocenters. The third-order valence-electron chi connectivity index (χ3n) is 3.27. The minimum Gasteiger partial charge on any atom is -0.0628 e. The van der Waals surface area contributed by atoms with Crippen molar-refractivity contribution in [1.29, 1.82) is 0 Å². The van der Waals surface area contributed by atoms with Crippen molar-refractivity contribution in [2.24, 2.45) is 17.3 Å². The maximum atomic E-state index is 2.37. The highest BCUT2D eigenvalue weighted by molar-refractivity contribution is 4.93. The van der Waals surface area contributed by atoms with Crippen LogP contribution >= 0.6 is 0 Å². The van der Waals surface area contributed by atoms with Gasteiger partial charge in [-0.1, -0.05) is 67.7 Å². The van der Waals surface area contributed by atoms with Crippen LogP contribution in [0.5, 0.6) is 0 Å². The summed E-state index contributed by atoms with van der Waals surface area (Å²) in [5, 5.41) is 0. The van der Waals surface area contributed by atoms with Gasteiger partial charge in [-0.25, -0.2) is 0 Å². The molecule has 0 spiro atoms. The molecule has 1 atom stereocenters. The van der Waals surface area contributed by atoms with Gasteiger partial charge >= 0.3 is 0 Å². The van der Waals surface area contributed by atoms with Crippen molar-refractivity contribution < 1.29 is 0 Å². The number of rotatable bonds is 6. The van der Waals surface area contributed by atoms with E-state index in [0.29, 0.717) is 5.41 Å². The highest BCUT2D eigenvalue weighted by atomic mass is 14.3. The first kappa shape index (κ1) is 15.0. The van der Waals surface area contributed by atoms with Crippen LogP contribution in [0.2, 0.25) is 0 Å². The van der Waals surface area contributed by atoms with Crippen LogP contribution in [0, 0.1) is 23.2 Å². The van der Waals surface area contributed by atoms with Crippen molar-refractivity contribution in [3.8, 4) is 0 Å². The fraction of sp³-hybridized carbons (Fsp3) is 0.933. The lowest BCUT2D eigenvalue weighted by atomic mass is 9.72. The molecule has 0 nitrogen and oxygen atoms in total. The highest BCUT2D eigenvalue weighted by Crippen LogP contribution is 2.37. The summed E-state index contributed by atoms with van der Waals surface area (Å²) in [4.78, 5) is 0. The van der Waals surface area contributed by atoms with Gasteiger partial charge in [0.15, 0.2) is 0 Å². The second kappa shape index (κ2) is 6.55. The molecule has 0 fully saturated rings. The van der Waals surface area contributed by atoms with Gasteiger partial charge in [-0.15, -0.1) is 0 Å². The predicted octanol–water partition coefficient (Wildman–Crippen LogP) is 5.48. The van der Waals surface area contributed by atoms with Crippen LogP contribution in [-0.2, 0) is 0 Å². The number of hydrogen-bond acceptors (Lipinski definition) is 0. The van der Waals surface area contributed by atoms with Gasteiger partial charge in [-0.2, -0.15) is 0 Å². The highest BCUT2D eigenvalue weighted by Gasteiger charge is 2.26. The summed E-state index contributed by atoms with van der Waals surface area (Å²) in [5.74, 6) is 3.27. The Morgan fingerprint density at radius 3 is 1.73 bits per heavy atom. The van der Waals surface area contributed by atoms with E-state index in [1.807, 2.05) is 0 Å². The first-order valence-corrected chi connectivity index (χ1v) is 6.55. The Labute approximate surface area is 97.8 Å². The van der Waals surface area contributed by atoms with Crippen LogP contribution in [0.15, 0.2) is 0 Å². The van der Waals surface area contributed by atoms with Crippen molar-refractivity contribution in [2.45, 2.75) is 74.1 Å². The van der Waals surface area contributed by atoms with Gasteiger partial charge in [-0.3, -0.25) is 0 Å². The lowest BCUT2D eigenvalue weighted by Crippen LogP contribution is -2.24. The first-order valence-electron chi connectivity index (χ1n) is 6.55. The molecule has 0 aliphatic rings. The Kier molecular flexibility index (Phi) is 6.55. The summed E-state index contributed by atoms with van der Waals surface area (Å²) in [5.41, 5.74) is 0.441. The SMILES string of the molecule is C[C](C)C(CCCCC(C)C)C(C)(C)C. The number of unbranched alkanes of at least 4 members (excludes halogenated alkanes) is 1. The molecular formula is C15H31. The fourth-order valence-electron chi connectivity index (χ4n) is 2.49. The van der Waals surface area contributed by atoms with Gasteiger partial charge in [0, 0.05) is 0 Å². The normalized spacial score (nSPS) is 15.0.